The average Bonchev–Trinajstić information content (AvgIpc) is 3.46. The Morgan fingerprint density at radius 2 is 1.05 bits per heavy atom. The van der Waals surface area contributed by atoms with Crippen molar-refractivity contribution in [2.24, 2.45) is 48.6 Å². The van der Waals surface area contributed by atoms with Gasteiger partial charge in [0.05, 0.1) is 53.0 Å². The second-order valence-electron chi connectivity index (χ2n) is 10.00. The van der Waals surface area contributed by atoms with Crippen LogP contribution in [0.2, 0.25) is 0 Å². The van der Waals surface area contributed by atoms with Crippen molar-refractivity contribution in [2.75, 3.05) is 43.9 Å². The molecule has 2 aromatic carbocycles. The van der Waals surface area contributed by atoms with Crippen LogP contribution in [0.3, 0.4) is 0 Å². The number of aryl methyl sites for hydroxylation is 4. The van der Waals surface area contributed by atoms with Crippen molar-refractivity contribution in [3.05, 3.63) is 73.3 Å². The third-order valence-electron chi connectivity index (χ3n) is 6.63. The van der Waals surface area contributed by atoms with Gasteiger partial charge in [-0.05, 0) is 81.5 Å². The van der Waals surface area contributed by atoms with Gasteiger partial charge in [0.15, 0.2) is 0 Å². The lowest BCUT2D eigenvalue weighted by atomic mass is 10.2. The van der Waals surface area contributed by atoms with Gasteiger partial charge < -0.3 is 15.5 Å². The SMILES string of the molecule is CN(CCCNc1ccc(/N=N/c2n(C)cc[n+]2C)cc1)CCCNc1ccc(/N=N/c2n(C)cc[n+]2C)cc1. The van der Waals surface area contributed by atoms with E-state index in [1.54, 1.807) is 0 Å². The molecular weight excluding hydrogens is 502 g/mol. The fraction of sp³-hybridized carbons (Fsp3) is 0.379. The summed E-state index contributed by atoms with van der Waals surface area (Å²) in [4.78, 5) is 2.38. The molecular formula is C29H41N11+2. The van der Waals surface area contributed by atoms with E-state index in [1.165, 1.54) is 0 Å². The number of hydrogen-bond donors (Lipinski definition) is 2. The number of nitrogens with one attached hydrogen (secondary N) is 2. The highest BCUT2D eigenvalue weighted by atomic mass is 15.3. The molecule has 2 N–H and O–H groups in total. The van der Waals surface area contributed by atoms with E-state index < -0.39 is 0 Å². The molecule has 0 aliphatic rings. The number of hydrogen-bond acceptors (Lipinski definition) is 7. The summed E-state index contributed by atoms with van der Waals surface area (Å²) in [6, 6.07) is 16.1. The zero-order valence-corrected chi connectivity index (χ0v) is 24.2. The van der Waals surface area contributed by atoms with Crippen LogP contribution in [-0.2, 0) is 28.2 Å². The van der Waals surface area contributed by atoms with Crippen LogP contribution in [0.15, 0.2) is 93.8 Å². The first-order valence-corrected chi connectivity index (χ1v) is 13.6. The van der Waals surface area contributed by atoms with Crippen LogP contribution in [-0.4, -0.2) is 47.3 Å². The molecule has 2 heterocycles. The molecule has 0 unspecified atom stereocenters. The number of benzene rings is 2. The van der Waals surface area contributed by atoms with Crippen LogP contribution in [0.1, 0.15) is 12.8 Å². The highest BCUT2D eigenvalue weighted by Gasteiger charge is 2.11. The molecule has 0 aliphatic heterocycles. The molecule has 0 atom stereocenters. The van der Waals surface area contributed by atoms with Crippen LogP contribution < -0.4 is 19.8 Å². The van der Waals surface area contributed by atoms with E-state index in [-0.39, 0.29) is 0 Å². The molecule has 4 rings (SSSR count). The van der Waals surface area contributed by atoms with Crippen LogP contribution in [0, 0.1) is 0 Å². The molecule has 0 bridgehead atoms. The van der Waals surface area contributed by atoms with Crippen LogP contribution >= 0.6 is 0 Å². The molecule has 0 radical (unpaired) electrons. The highest BCUT2D eigenvalue weighted by Crippen LogP contribution is 2.20. The Balaban J connectivity index is 1.08. The van der Waals surface area contributed by atoms with E-state index in [2.05, 4.69) is 43.0 Å². The lowest BCUT2D eigenvalue weighted by molar-refractivity contribution is -0.657. The lowest BCUT2D eigenvalue weighted by Crippen LogP contribution is -2.25. The van der Waals surface area contributed by atoms with Gasteiger partial charge in [-0.15, -0.1) is 0 Å². The summed E-state index contributed by atoms with van der Waals surface area (Å²) in [5, 5.41) is 24.4. The monoisotopic (exact) mass is 543 g/mol. The molecule has 0 spiro atoms. The van der Waals surface area contributed by atoms with Crippen molar-refractivity contribution in [3.8, 4) is 0 Å². The van der Waals surface area contributed by atoms with Gasteiger partial charge in [0.25, 0.3) is 0 Å². The summed E-state index contributed by atoms with van der Waals surface area (Å²) < 4.78 is 7.75. The maximum Gasteiger partial charge on any atom is 0.421 e. The summed E-state index contributed by atoms with van der Waals surface area (Å²) in [7, 11) is 10.0. The second kappa shape index (κ2) is 14.1. The van der Waals surface area contributed by atoms with E-state index in [9.17, 15) is 0 Å². The molecule has 0 aliphatic carbocycles. The van der Waals surface area contributed by atoms with E-state index >= 15 is 0 Å². The van der Waals surface area contributed by atoms with Gasteiger partial charge in [-0.2, -0.15) is 0 Å². The van der Waals surface area contributed by atoms with Crippen molar-refractivity contribution in [1.82, 2.24) is 14.0 Å². The number of rotatable bonds is 14. The number of aromatic nitrogens is 4. The molecule has 0 fully saturated rings. The molecule has 11 heteroatoms. The number of azo groups is 2. The fourth-order valence-corrected chi connectivity index (χ4v) is 4.22. The van der Waals surface area contributed by atoms with E-state index in [4.69, 9.17) is 0 Å². The summed E-state index contributed by atoms with van der Waals surface area (Å²) in [5.74, 6) is 1.60. The molecule has 2 aromatic heterocycles. The van der Waals surface area contributed by atoms with Crippen molar-refractivity contribution in [2.45, 2.75) is 12.8 Å². The number of imidazole rings is 2. The Kier molecular flexibility index (Phi) is 10.1. The number of anilines is 2. The summed E-state index contributed by atoms with van der Waals surface area (Å²) in [5.41, 5.74) is 3.85. The molecule has 0 amide bonds. The van der Waals surface area contributed by atoms with Crippen molar-refractivity contribution < 1.29 is 9.13 Å². The zero-order valence-electron chi connectivity index (χ0n) is 24.2. The molecule has 210 valence electrons. The fourth-order valence-electron chi connectivity index (χ4n) is 4.22. The maximum absolute atomic E-state index is 4.35. The third kappa shape index (κ3) is 8.31. The van der Waals surface area contributed by atoms with Gasteiger partial charge in [-0.1, -0.05) is 10.2 Å². The Labute approximate surface area is 236 Å². The summed E-state index contributed by atoms with van der Waals surface area (Å²) >= 11 is 0. The lowest BCUT2D eigenvalue weighted by Gasteiger charge is -2.17. The van der Waals surface area contributed by atoms with Gasteiger partial charge in [-0.3, -0.25) is 0 Å². The molecule has 11 nitrogen and oxygen atoms in total. The molecule has 40 heavy (non-hydrogen) atoms. The van der Waals surface area contributed by atoms with Crippen LogP contribution in [0.4, 0.5) is 34.6 Å². The Bertz CT molecular complexity index is 1250. The first kappa shape index (κ1) is 28.6. The van der Waals surface area contributed by atoms with Crippen molar-refractivity contribution in [1.29, 1.82) is 0 Å². The first-order chi connectivity index (χ1) is 19.4. The predicted molar refractivity (Wildman–Crippen MR) is 158 cm³/mol. The Morgan fingerprint density at radius 1 is 0.650 bits per heavy atom. The third-order valence-corrected chi connectivity index (χ3v) is 6.63. The van der Waals surface area contributed by atoms with E-state index in [0.717, 1.165) is 73.7 Å². The molecule has 0 saturated heterocycles. The minimum absolute atomic E-state index is 0.799. The topological polar surface area (TPSA) is 94.4 Å². The van der Waals surface area contributed by atoms with Gasteiger partial charge >= 0.3 is 11.9 Å². The second-order valence-corrected chi connectivity index (χ2v) is 10.00. The summed E-state index contributed by atoms with van der Waals surface area (Å²) in [6.07, 6.45) is 9.98. The predicted octanol–water partition coefficient (Wildman–Crippen LogP) is 5.08. The minimum Gasteiger partial charge on any atom is -0.385 e. The molecule has 4 aromatic rings. The quantitative estimate of drug-likeness (QED) is 0.132. The Morgan fingerprint density at radius 3 is 1.40 bits per heavy atom. The van der Waals surface area contributed by atoms with Gasteiger partial charge in [0.2, 0.25) is 0 Å². The van der Waals surface area contributed by atoms with E-state index in [1.807, 2.05) is 120 Å². The average molecular weight is 544 g/mol. The van der Waals surface area contributed by atoms with E-state index in [0.29, 0.717) is 0 Å². The molecule has 0 saturated carbocycles. The first-order valence-electron chi connectivity index (χ1n) is 13.6. The standard InChI is InChI=1S/C29H39N11/c1-36(18-6-16-30-24-8-12-26(13-9-24)32-34-28-37(2)20-21-38(28)3)19-7-17-31-25-10-14-27(15-11-25)33-35-29-39(4)22-23-40(29)5/h8-15,20-23H,6-7,16-19H2,1-5H3/p+2. The normalized spacial score (nSPS) is 11.8. The van der Waals surface area contributed by atoms with Gasteiger partial charge in [0.1, 0.15) is 11.4 Å². The minimum atomic E-state index is 0.799. The van der Waals surface area contributed by atoms with Gasteiger partial charge in [0, 0.05) is 34.7 Å². The summed E-state index contributed by atoms with van der Waals surface area (Å²) in [6.45, 7) is 3.94. The smallest absolute Gasteiger partial charge is 0.385 e. The zero-order chi connectivity index (χ0) is 28.3. The van der Waals surface area contributed by atoms with Crippen molar-refractivity contribution in [3.63, 3.8) is 0 Å². The van der Waals surface area contributed by atoms with Gasteiger partial charge in [-0.25, -0.2) is 18.3 Å². The van der Waals surface area contributed by atoms with Crippen molar-refractivity contribution >= 4 is 34.6 Å². The maximum atomic E-state index is 4.35. The highest BCUT2D eigenvalue weighted by molar-refractivity contribution is 5.51. The van der Waals surface area contributed by atoms with Crippen LogP contribution in [0.25, 0.3) is 0 Å². The Hall–Kier alpha value is -4.38. The number of nitrogens with zero attached hydrogens (tertiary/aromatic N) is 9. The largest absolute Gasteiger partial charge is 0.421 e. The van der Waals surface area contributed by atoms with Crippen LogP contribution in [0.5, 0.6) is 0 Å².